The van der Waals surface area contributed by atoms with Gasteiger partial charge in [0.1, 0.15) is 5.01 Å². The first-order chi connectivity index (χ1) is 8.36. The van der Waals surface area contributed by atoms with Crippen LogP contribution in [0.25, 0.3) is 9.88 Å². The molecule has 2 aromatic rings. The molecule has 0 spiro atoms. The van der Waals surface area contributed by atoms with Crippen molar-refractivity contribution in [1.29, 1.82) is 0 Å². The zero-order valence-corrected chi connectivity index (χ0v) is 11.5. The van der Waals surface area contributed by atoms with Crippen molar-refractivity contribution in [3.63, 3.8) is 0 Å². The van der Waals surface area contributed by atoms with Gasteiger partial charge in [0.15, 0.2) is 5.01 Å². The Labute approximate surface area is 109 Å². The molecule has 0 unspecified atom stereocenters. The molecule has 0 aromatic carbocycles. The molecule has 0 radical (unpaired) electrons. The van der Waals surface area contributed by atoms with Gasteiger partial charge >= 0.3 is 0 Å². The predicted molar refractivity (Wildman–Crippen MR) is 72.9 cm³/mol. The lowest BCUT2D eigenvalue weighted by atomic mass is 10.2. The molecule has 2 aromatic heterocycles. The van der Waals surface area contributed by atoms with Crippen LogP contribution in [0, 0.1) is 0 Å². The molecule has 1 aliphatic carbocycles. The highest BCUT2D eigenvalue weighted by Gasteiger charge is 2.17. The molecule has 0 saturated heterocycles. The van der Waals surface area contributed by atoms with Gasteiger partial charge in [0, 0.05) is 17.8 Å². The Bertz CT molecular complexity index is 494. The van der Waals surface area contributed by atoms with E-state index in [9.17, 15) is 0 Å². The monoisotopic (exact) mass is 265 g/mol. The quantitative estimate of drug-likeness (QED) is 0.923. The van der Waals surface area contributed by atoms with Gasteiger partial charge in [-0.15, -0.1) is 21.5 Å². The second-order valence-corrected chi connectivity index (χ2v) is 6.47. The van der Waals surface area contributed by atoms with Crippen molar-refractivity contribution in [2.75, 3.05) is 13.6 Å². The highest BCUT2D eigenvalue weighted by molar-refractivity contribution is 7.21. The van der Waals surface area contributed by atoms with E-state index in [1.54, 1.807) is 16.2 Å². The maximum absolute atomic E-state index is 4.30. The molecule has 0 fully saturated rings. The summed E-state index contributed by atoms with van der Waals surface area (Å²) < 4.78 is 0. The van der Waals surface area contributed by atoms with Crippen LogP contribution >= 0.6 is 22.7 Å². The van der Waals surface area contributed by atoms with Crippen molar-refractivity contribution in [2.45, 2.75) is 25.7 Å². The molecule has 2 heterocycles. The minimum atomic E-state index is 0.968. The van der Waals surface area contributed by atoms with Gasteiger partial charge in [-0.05, 0) is 37.9 Å². The van der Waals surface area contributed by atoms with Crippen molar-refractivity contribution in [3.8, 4) is 9.88 Å². The third-order valence-electron chi connectivity index (χ3n) is 3.01. The van der Waals surface area contributed by atoms with Crippen molar-refractivity contribution in [3.05, 3.63) is 21.5 Å². The standard InChI is InChI=1S/C12H15N3S2/c1-13-6-5-11-14-15-12(17-11)10-7-8-3-2-4-9(8)16-10/h7,13H,2-6H2,1H3. The Hall–Kier alpha value is -0.780. The largest absolute Gasteiger partial charge is 0.319 e. The molecule has 0 saturated carbocycles. The number of fused-ring (bicyclic) bond motifs is 1. The predicted octanol–water partition coefficient (Wildman–Crippen LogP) is 2.52. The zero-order valence-electron chi connectivity index (χ0n) is 9.82. The van der Waals surface area contributed by atoms with Crippen LogP contribution in [0.15, 0.2) is 6.07 Å². The Balaban J connectivity index is 1.80. The lowest BCUT2D eigenvalue weighted by molar-refractivity contribution is 0.779. The fraction of sp³-hybridized carbons (Fsp3) is 0.500. The number of aryl methyl sites for hydroxylation is 2. The van der Waals surface area contributed by atoms with Crippen LogP contribution in [0.3, 0.4) is 0 Å². The fourth-order valence-electron chi connectivity index (χ4n) is 2.12. The van der Waals surface area contributed by atoms with Gasteiger partial charge in [-0.1, -0.05) is 11.3 Å². The number of hydrogen-bond acceptors (Lipinski definition) is 5. The molecular weight excluding hydrogens is 250 g/mol. The van der Waals surface area contributed by atoms with Crippen LogP contribution in [0.4, 0.5) is 0 Å². The van der Waals surface area contributed by atoms with Crippen molar-refractivity contribution in [1.82, 2.24) is 15.5 Å². The normalized spacial score (nSPS) is 14.2. The average molecular weight is 265 g/mol. The maximum atomic E-state index is 4.30. The molecule has 0 atom stereocenters. The number of thiophene rings is 1. The number of rotatable bonds is 4. The van der Waals surface area contributed by atoms with Crippen LogP contribution < -0.4 is 5.32 Å². The summed E-state index contributed by atoms with van der Waals surface area (Å²) in [5, 5.41) is 13.9. The number of likely N-dealkylation sites (N-methyl/N-ethyl adjacent to an activating group) is 1. The minimum Gasteiger partial charge on any atom is -0.319 e. The van der Waals surface area contributed by atoms with Gasteiger partial charge < -0.3 is 5.32 Å². The van der Waals surface area contributed by atoms with E-state index in [1.165, 1.54) is 29.7 Å². The van der Waals surface area contributed by atoms with Crippen LogP contribution in [-0.2, 0) is 19.3 Å². The van der Waals surface area contributed by atoms with E-state index >= 15 is 0 Å². The highest BCUT2D eigenvalue weighted by Crippen LogP contribution is 2.37. The van der Waals surface area contributed by atoms with Crippen molar-refractivity contribution >= 4 is 22.7 Å². The minimum absolute atomic E-state index is 0.968. The number of hydrogen-bond donors (Lipinski definition) is 1. The fourth-order valence-corrected chi connectivity index (χ4v) is 4.25. The van der Waals surface area contributed by atoms with Gasteiger partial charge in [-0.25, -0.2) is 0 Å². The molecule has 90 valence electrons. The van der Waals surface area contributed by atoms with Crippen LogP contribution in [0.5, 0.6) is 0 Å². The summed E-state index contributed by atoms with van der Waals surface area (Å²) in [7, 11) is 1.96. The van der Waals surface area contributed by atoms with E-state index < -0.39 is 0 Å². The molecule has 5 heteroatoms. The lowest BCUT2D eigenvalue weighted by Gasteiger charge is -1.91. The van der Waals surface area contributed by atoms with E-state index in [1.807, 2.05) is 18.4 Å². The first-order valence-electron chi connectivity index (χ1n) is 5.96. The summed E-state index contributed by atoms with van der Waals surface area (Å²) in [5.41, 5.74) is 1.54. The van der Waals surface area contributed by atoms with Crippen molar-refractivity contribution < 1.29 is 0 Å². The first-order valence-corrected chi connectivity index (χ1v) is 7.59. The van der Waals surface area contributed by atoms with E-state index in [0.29, 0.717) is 0 Å². The van der Waals surface area contributed by atoms with E-state index in [-0.39, 0.29) is 0 Å². The summed E-state index contributed by atoms with van der Waals surface area (Å²) >= 11 is 3.64. The van der Waals surface area contributed by atoms with Crippen LogP contribution in [0.2, 0.25) is 0 Å². The van der Waals surface area contributed by atoms with E-state index in [4.69, 9.17) is 0 Å². The number of aromatic nitrogens is 2. The molecule has 0 bridgehead atoms. The first kappa shape index (κ1) is 11.3. The molecular formula is C12H15N3S2. The third kappa shape index (κ3) is 2.27. The van der Waals surface area contributed by atoms with Gasteiger partial charge in [0.25, 0.3) is 0 Å². The van der Waals surface area contributed by atoms with Crippen LogP contribution in [0.1, 0.15) is 21.9 Å². The molecule has 1 N–H and O–H groups in total. The van der Waals surface area contributed by atoms with Gasteiger partial charge in [0.2, 0.25) is 0 Å². The van der Waals surface area contributed by atoms with E-state index in [0.717, 1.165) is 23.0 Å². The zero-order chi connectivity index (χ0) is 11.7. The SMILES string of the molecule is CNCCc1nnc(-c2cc3c(s2)CCC3)s1. The molecule has 17 heavy (non-hydrogen) atoms. The Morgan fingerprint density at radius 3 is 3.06 bits per heavy atom. The van der Waals surface area contributed by atoms with Gasteiger partial charge in [-0.2, -0.15) is 0 Å². The number of nitrogens with zero attached hydrogens (tertiary/aromatic N) is 2. The number of nitrogens with one attached hydrogen (secondary N) is 1. The van der Waals surface area contributed by atoms with Gasteiger partial charge in [-0.3, -0.25) is 0 Å². The summed E-state index contributed by atoms with van der Waals surface area (Å²) in [6, 6.07) is 2.31. The topological polar surface area (TPSA) is 37.8 Å². The Morgan fingerprint density at radius 2 is 2.24 bits per heavy atom. The smallest absolute Gasteiger partial charge is 0.157 e. The summed E-state index contributed by atoms with van der Waals surface area (Å²) in [6.45, 7) is 0.968. The Morgan fingerprint density at radius 1 is 1.29 bits per heavy atom. The second kappa shape index (κ2) is 4.84. The molecule has 0 aliphatic heterocycles. The summed E-state index contributed by atoms with van der Waals surface area (Å²) in [4.78, 5) is 2.87. The van der Waals surface area contributed by atoms with Gasteiger partial charge in [0.05, 0.1) is 4.88 Å². The summed E-state index contributed by atoms with van der Waals surface area (Å²) in [5.74, 6) is 0. The molecule has 3 rings (SSSR count). The average Bonchev–Trinajstić information content (AvgIpc) is 3.00. The Kier molecular flexibility index (Phi) is 3.22. The molecule has 1 aliphatic rings. The molecule has 3 nitrogen and oxygen atoms in total. The highest BCUT2D eigenvalue weighted by atomic mass is 32.1. The maximum Gasteiger partial charge on any atom is 0.157 e. The van der Waals surface area contributed by atoms with E-state index in [2.05, 4.69) is 21.6 Å². The lowest BCUT2D eigenvalue weighted by Crippen LogP contribution is -2.09. The van der Waals surface area contributed by atoms with Crippen LogP contribution in [-0.4, -0.2) is 23.8 Å². The third-order valence-corrected chi connectivity index (χ3v) is 5.40. The summed E-state index contributed by atoms with van der Waals surface area (Å²) in [6.07, 6.45) is 4.80. The molecule has 0 amide bonds. The van der Waals surface area contributed by atoms with Crippen molar-refractivity contribution in [2.24, 2.45) is 0 Å². The second-order valence-electron chi connectivity index (χ2n) is 4.27.